The minimum atomic E-state index is -0.888. The van der Waals surface area contributed by atoms with Crippen molar-refractivity contribution in [2.45, 2.75) is 30.7 Å². The molecule has 1 saturated carbocycles. The number of aliphatic carboxylic acids is 1. The first kappa shape index (κ1) is 16.4. The fourth-order valence-corrected chi connectivity index (χ4v) is 4.25. The second-order valence-electron chi connectivity index (χ2n) is 6.18. The van der Waals surface area contributed by atoms with Gasteiger partial charge in [0.15, 0.2) is 0 Å². The molecule has 1 saturated heterocycles. The summed E-state index contributed by atoms with van der Waals surface area (Å²) in [6.45, 7) is 1.57. The first-order valence-electron chi connectivity index (χ1n) is 7.44. The minimum Gasteiger partial charge on any atom is -0.480 e. The zero-order valence-electron chi connectivity index (χ0n) is 13.0. The SMILES string of the molecule is CN(C)CCCN(C)C(=O)N1C(C(=O)O)CSC1C1CC1. The highest BCUT2D eigenvalue weighted by Crippen LogP contribution is 2.45. The van der Waals surface area contributed by atoms with Gasteiger partial charge in [-0.2, -0.15) is 0 Å². The van der Waals surface area contributed by atoms with Crippen LogP contribution in [0.2, 0.25) is 0 Å². The molecule has 2 unspecified atom stereocenters. The number of hydrogen-bond acceptors (Lipinski definition) is 4. The third kappa shape index (κ3) is 4.03. The Kier molecular flexibility index (Phi) is 5.37. The zero-order valence-corrected chi connectivity index (χ0v) is 13.8. The Labute approximate surface area is 130 Å². The molecule has 0 spiro atoms. The Morgan fingerprint density at radius 2 is 1.90 bits per heavy atom. The van der Waals surface area contributed by atoms with E-state index >= 15 is 0 Å². The Bertz CT molecular complexity index is 401. The summed E-state index contributed by atoms with van der Waals surface area (Å²) >= 11 is 1.62. The van der Waals surface area contributed by atoms with Crippen LogP contribution in [0.25, 0.3) is 0 Å². The van der Waals surface area contributed by atoms with E-state index in [1.165, 1.54) is 0 Å². The number of amides is 2. The van der Waals surface area contributed by atoms with Crippen molar-refractivity contribution < 1.29 is 14.7 Å². The molecular weight excluding hydrogens is 290 g/mol. The number of nitrogens with zero attached hydrogens (tertiary/aromatic N) is 3. The molecule has 7 heteroatoms. The summed E-state index contributed by atoms with van der Waals surface area (Å²) in [4.78, 5) is 29.4. The van der Waals surface area contributed by atoms with E-state index in [0.717, 1.165) is 25.8 Å². The Morgan fingerprint density at radius 3 is 2.43 bits per heavy atom. The zero-order chi connectivity index (χ0) is 15.6. The van der Waals surface area contributed by atoms with Gasteiger partial charge >= 0.3 is 12.0 Å². The van der Waals surface area contributed by atoms with E-state index in [1.807, 2.05) is 14.1 Å². The topological polar surface area (TPSA) is 64.1 Å². The van der Waals surface area contributed by atoms with Crippen LogP contribution < -0.4 is 0 Å². The average molecular weight is 315 g/mol. The van der Waals surface area contributed by atoms with E-state index < -0.39 is 12.0 Å². The molecule has 0 aromatic rings. The van der Waals surface area contributed by atoms with Gasteiger partial charge < -0.3 is 14.9 Å². The summed E-state index contributed by atoms with van der Waals surface area (Å²) in [6.07, 6.45) is 3.11. The van der Waals surface area contributed by atoms with E-state index in [4.69, 9.17) is 0 Å². The highest BCUT2D eigenvalue weighted by Gasteiger charge is 2.48. The lowest BCUT2D eigenvalue weighted by atomic mass is 10.2. The number of carboxylic acid groups (broad SMARTS) is 1. The average Bonchev–Trinajstić information content (AvgIpc) is 3.15. The van der Waals surface area contributed by atoms with Gasteiger partial charge in [0.25, 0.3) is 0 Å². The lowest BCUT2D eigenvalue weighted by Crippen LogP contribution is -2.51. The van der Waals surface area contributed by atoms with Gasteiger partial charge in [-0.15, -0.1) is 11.8 Å². The van der Waals surface area contributed by atoms with Crippen molar-refractivity contribution in [2.24, 2.45) is 5.92 Å². The van der Waals surface area contributed by atoms with Crippen molar-refractivity contribution in [3.05, 3.63) is 0 Å². The third-order valence-electron chi connectivity index (χ3n) is 3.99. The molecule has 6 nitrogen and oxygen atoms in total. The van der Waals surface area contributed by atoms with Crippen LogP contribution in [-0.2, 0) is 4.79 Å². The normalized spacial score (nSPS) is 25.4. The quantitative estimate of drug-likeness (QED) is 0.799. The van der Waals surface area contributed by atoms with Crippen LogP contribution in [0.15, 0.2) is 0 Å². The fourth-order valence-electron chi connectivity index (χ4n) is 2.62. The predicted molar refractivity (Wildman–Crippen MR) is 83.4 cm³/mol. The summed E-state index contributed by atoms with van der Waals surface area (Å²) in [7, 11) is 5.77. The molecule has 2 fully saturated rings. The number of hydrogen-bond donors (Lipinski definition) is 1. The van der Waals surface area contributed by atoms with Crippen molar-refractivity contribution >= 4 is 23.8 Å². The summed E-state index contributed by atoms with van der Waals surface area (Å²) in [5.74, 6) is 0.104. The van der Waals surface area contributed by atoms with Crippen molar-refractivity contribution in [3.8, 4) is 0 Å². The van der Waals surface area contributed by atoms with Crippen LogP contribution in [0.4, 0.5) is 4.79 Å². The lowest BCUT2D eigenvalue weighted by molar-refractivity contribution is -0.141. The van der Waals surface area contributed by atoms with E-state index in [-0.39, 0.29) is 11.4 Å². The van der Waals surface area contributed by atoms with Crippen LogP contribution in [-0.4, -0.2) is 83.2 Å². The number of rotatable bonds is 6. The number of carboxylic acids is 1. The molecule has 1 N–H and O–H groups in total. The number of urea groups is 1. The molecular formula is C14H25N3O3S. The molecule has 1 heterocycles. The van der Waals surface area contributed by atoms with E-state index in [2.05, 4.69) is 4.90 Å². The predicted octanol–water partition coefficient (Wildman–Crippen LogP) is 1.23. The largest absolute Gasteiger partial charge is 0.480 e. The van der Waals surface area contributed by atoms with Gasteiger partial charge in [0.05, 0.1) is 5.37 Å². The maximum Gasteiger partial charge on any atom is 0.327 e. The van der Waals surface area contributed by atoms with Crippen molar-refractivity contribution in [1.82, 2.24) is 14.7 Å². The van der Waals surface area contributed by atoms with Crippen LogP contribution in [0.1, 0.15) is 19.3 Å². The molecule has 2 amide bonds. The number of carbonyl (C=O) groups excluding carboxylic acids is 1. The number of carbonyl (C=O) groups is 2. The summed E-state index contributed by atoms with van der Waals surface area (Å²) in [6, 6.07) is -0.813. The second-order valence-corrected chi connectivity index (χ2v) is 7.33. The van der Waals surface area contributed by atoms with Gasteiger partial charge in [0.1, 0.15) is 6.04 Å². The van der Waals surface area contributed by atoms with Crippen molar-refractivity contribution in [2.75, 3.05) is 40.0 Å². The molecule has 0 aromatic heterocycles. The molecule has 120 valence electrons. The van der Waals surface area contributed by atoms with E-state index in [1.54, 1.807) is 28.6 Å². The molecule has 2 atom stereocenters. The van der Waals surface area contributed by atoms with Gasteiger partial charge in [-0.1, -0.05) is 0 Å². The molecule has 0 bridgehead atoms. The smallest absolute Gasteiger partial charge is 0.327 e. The standard InChI is InChI=1S/C14H25N3O3S/c1-15(2)7-4-8-16(3)14(20)17-11(13(18)19)9-21-12(17)10-5-6-10/h10-12H,4-9H2,1-3H3,(H,18,19). The van der Waals surface area contributed by atoms with Crippen LogP contribution >= 0.6 is 11.8 Å². The van der Waals surface area contributed by atoms with Crippen molar-refractivity contribution in [3.63, 3.8) is 0 Å². The van der Waals surface area contributed by atoms with Crippen LogP contribution in [0.5, 0.6) is 0 Å². The van der Waals surface area contributed by atoms with Gasteiger partial charge in [-0.25, -0.2) is 9.59 Å². The second kappa shape index (κ2) is 6.87. The van der Waals surface area contributed by atoms with Gasteiger partial charge in [0.2, 0.25) is 0 Å². The van der Waals surface area contributed by atoms with E-state index in [9.17, 15) is 14.7 Å². The molecule has 21 heavy (non-hydrogen) atoms. The van der Waals surface area contributed by atoms with Gasteiger partial charge in [-0.05, 0) is 45.8 Å². The molecule has 2 rings (SSSR count). The maximum atomic E-state index is 12.6. The molecule has 1 aliphatic carbocycles. The molecule has 1 aliphatic heterocycles. The first-order valence-corrected chi connectivity index (χ1v) is 8.49. The Morgan fingerprint density at radius 1 is 1.24 bits per heavy atom. The monoisotopic (exact) mass is 315 g/mol. The highest BCUT2D eigenvalue weighted by atomic mass is 32.2. The number of thioether (sulfide) groups is 1. The summed E-state index contributed by atoms with van der Waals surface area (Å²) < 4.78 is 0. The fraction of sp³-hybridized carbons (Fsp3) is 0.857. The maximum absolute atomic E-state index is 12.6. The Balaban J connectivity index is 1.97. The highest BCUT2D eigenvalue weighted by molar-refractivity contribution is 8.00. The summed E-state index contributed by atoms with van der Waals surface area (Å²) in [5, 5.41) is 9.40. The lowest BCUT2D eigenvalue weighted by Gasteiger charge is -2.32. The minimum absolute atomic E-state index is 0.0508. The Hall–Kier alpha value is -0.950. The third-order valence-corrected chi connectivity index (χ3v) is 5.45. The van der Waals surface area contributed by atoms with Crippen molar-refractivity contribution in [1.29, 1.82) is 0 Å². The molecule has 0 radical (unpaired) electrons. The molecule has 2 aliphatic rings. The van der Waals surface area contributed by atoms with Gasteiger partial charge in [-0.3, -0.25) is 4.90 Å². The first-order chi connectivity index (χ1) is 9.91. The van der Waals surface area contributed by atoms with Crippen LogP contribution in [0, 0.1) is 5.92 Å². The summed E-state index contributed by atoms with van der Waals surface area (Å²) in [5.41, 5.74) is 0. The van der Waals surface area contributed by atoms with Crippen LogP contribution in [0.3, 0.4) is 0 Å². The van der Waals surface area contributed by atoms with Gasteiger partial charge in [0, 0.05) is 19.3 Å². The molecule has 0 aromatic carbocycles. The van der Waals surface area contributed by atoms with E-state index in [0.29, 0.717) is 18.2 Å².